The number of nitrogens with zero attached hydrogens (tertiary/aromatic N) is 1. The minimum Gasteiger partial charge on any atom is -0.370 e. The first-order valence-corrected chi connectivity index (χ1v) is 15.4. The SMILES string of the molecule is CC(C)C[C@H](NC(=O)[C@@H](NC(=O)c1ccc(CN=C(N)N)cc1)C(C)(C)C)C(=O)NC1CCCC[C@H]1c1cccc(Cl)c1. The fraction of sp³-hybridized carbons (Fsp3) is 0.515. The number of aliphatic imine (C=N–C) groups is 1. The number of hydrogen-bond donors (Lipinski definition) is 5. The second kappa shape index (κ2) is 15.2. The molecule has 0 aromatic heterocycles. The average Bonchev–Trinajstić information content (AvgIpc) is 2.94. The van der Waals surface area contributed by atoms with Crippen LogP contribution >= 0.6 is 11.6 Å². The molecule has 10 heteroatoms. The third-order valence-electron chi connectivity index (χ3n) is 7.77. The van der Waals surface area contributed by atoms with E-state index in [0.29, 0.717) is 23.6 Å². The number of nitrogens with one attached hydrogen (secondary N) is 3. The number of rotatable bonds is 11. The van der Waals surface area contributed by atoms with Gasteiger partial charge in [0.15, 0.2) is 5.96 Å². The maximum absolute atomic E-state index is 13.7. The summed E-state index contributed by atoms with van der Waals surface area (Å²) in [5, 5.41) is 9.80. The monoisotopic (exact) mass is 610 g/mol. The van der Waals surface area contributed by atoms with Crippen LogP contribution in [0.2, 0.25) is 5.02 Å². The molecule has 4 atom stereocenters. The maximum atomic E-state index is 13.7. The molecule has 43 heavy (non-hydrogen) atoms. The standard InChI is InChI=1S/C33H47ClN6O3/c1-20(2)17-27(30(42)38-26-12-7-6-11-25(26)23-9-8-10-24(34)18-23)39-31(43)28(33(3,4)5)40-29(41)22-15-13-21(14-16-22)19-37-32(35)36/h8-10,13-16,18,20,25-28H,6-7,11-12,17,19H2,1-5H3,(H,38,42)(H,39,43)(H,40,41)(H4,35,36,37)/t25-,26?,27-,28+/m0/s1. The van der Waals surface area contributed by atoms with Crippen LogP contribution in [0.5, 0.6) is 0 Å². The van der Waals surface area contributed by atoms with Crippen molar-refractivity contribution < 1.29 is 14.4 Å². The highest BCUT2D eigenvalue weighted by molar-refractivity contribution is 6.30. The van der Waals surface area contributed by atoms with E-state index in [2.05, 4.69) is 27.0 Å². The van der Waals surface area contributed by atoms with Crippen molar-refractivity contribution in [1.29, 1.82) is 0 Å². The lowest BCUT2D eigenvalue weighted by Crippen LogP contribution is -2.59. The predicted octanol–water partition coefficient (Wildman–Crippen LogP) is 4.63. The molecule has 0 aliphatic heterocycles. The minimum absolute atomic E-state index is 0.00929. The van der Waals surface area contributed by atoms with E-state index in [4.69, 9.17) is 23.1 Å². The molecule has 2 aromatic carbocycles. The molecule has 9 nitrogen and oxygen atoms in total. The Bertz CT molecular complexity index is 1280. The van der Waals surface area contributed by atoms with E-state index in [1.807, 2.05) is 52.8 Å². The number of halogens is 1. The third kappa shape index (κ3) is 10.3. The molecule has 1 saturated carbocycles. The molecule has 7 N–H and O–H groups in total. The largest absolute Gasteiger partial charge is 0.370 e. The molecule has 234 valence electrons. The average molecular weight is 611 g/mol. The maximum Gasteiger partial charge on any atom is 0.251 e. The molecular weight excluding hydrogens is 564 g/mol. The smallest absolute Gasteiger partial charge is 0.251 e. The fourth-order valence-corrected chi connectivity index (χ4v) is 5.71. The molecule has 0 spiro atoms. The summed E-state index contributed by atoms with van der Waals surface area (Å²) in [6.45, 7) is 9.97. The summed E-state index contributed by atoms with van der Waals surface area (Å²) in [5.74, 6) is -0.701. The molecule has 1 unspecified atom stereocenters. The molecule has 0 bridgehead atoms. The van der Waals surface area contributed by atoms with Crippen molar-refractivity contribution in [2.75, 3.05) is 0 Å². The van der Waals surface area contributed by atoms with Crippen molar-refractivity contribution in [3.05, 3.63) is 70.2 Å². The van der Waals surface area contributed by atoms with E-state index >= 15 is 0 Å². The zero-order valence-electron chi connectivity index (χ0n) is 26.0. The number of benzene rings is 2. The van der Waals surface area contributed by atoms with Crippen molar-refractivity contribution in [2.45, 2.75) is 97.3 Å². The Morgan fingerprint density at radius 2 is 1.65 bits per heavy atom. The Morgan fingerprint density at radius 3 is 2.26 bits per heavy atom. The lowest BCUT2D eigenvalue weighted by atomic mass is 9.80. The Kier molecular flexibility index (Phi) is 12.0. The van der Waals surface area contributed by atoms with Crippen LogP contribution in [0.3, 0.4) is 0 Å². The summed E-state index contributed by atoms with van der Waals surface area (Å²) in [6, 6.07) is 13.0. The molecule has 0 heterocycles. The molecular formula is C33H47ClN6O3. The summed E-state index contributed by atoms with van der Waals surface area (Å²) < 4.78 is 0. The van der Waals surface area contributed by atoms with Gasteiger partial charge in [0.05, 0.1) is 6.54 Å². The number of carbonyl (C=O) groups is 3. The van der Waals surface area contributed by atoms with Gasteiger partial charge in [-0.15, -0.1) is 0 Å². The highest BCUT2D eigenvalue weighted by Gasteiger charge is 2.36. The summed E-state index contributed by atoms with van der Waals surface area (Å²) in [6.07, 6.45) is 4.39. The molecule has 0 radical (unpaired) electrons. The van der Waals surface area contributed by atoms with Gasteiger partial charge in [-0.2, -0.15) is 0 Å². The number of nitrogens with two attached hydrogens (primary N) is 2. The summed E-state index contributed by atoms with van der Waals surface area (Å²) >= 11 is 6.28. The van der Waals surface area contributed by atoms with Crippen LogP contribution in [0.1, 0.15) is 94.1 Å². The highest BCUT2D eigenvalue weighted by atomic mass is 35.5. The van der Waals surface area contributed by atoms with Gasteiger partial charge in [-0.3, -0.25) is 14.4 Å². The van der Waals surface area contributed by atoms with Crippen molar-refractivity contribution in [1.82, 2.24) is 16.0 Å². The zero-order valence-corrected chi connectivity index (χ0v) is 26.7. The van der Waals surface area contributed by atoms with Gasteiger partial charge in [0.1, 0.15) is 12.1 Å². The summed E-state index contributed by atoms with van der Waals surface area (Å²) in [7, 11) is 0. The molecule has 1 aliphatic rings. The van der Waals surface area contributed by atoms with Crippen molar-refractivity contribution in [3.63, 3.8) is 0 Å². The highest BCUT2D eigenvalue weighted by Crippen LogP contribution is 2.34. The van der Waals surface area contributed by atoms with E-state index in [-0.39, 0.29) is 35.7 Å². The van der Waals surface area contributed by atoms with Crippen molar-refractivity contribution >= 4 is 35.3 Å². The van der Waals surface area contributed by atoms with Gasteiger partial charge in [0.2, 0.25) is 11.8 Å². The Hall–Kier alpha value is -3.59. The summed E-state index contributed by atoms with van der Waals surface area (Å²) in [5.41, 5.74) is 12.5. The van der Waals surface area contributed by atoms with E-state index in [9.17, 15) is 14.4 Å². The molecule has 2 aromatic rings. The van der Waals surface area contributed by atoms with Crippen LogP contribution in [0.15, 0.2) is 53.5 Å². The van der Waals surface area contributed by atoms with Crippen LogP contribution in [-0.4, -0.2) is 41.8 Å². The first-order chi connectivity index (χ1) is 20.2. The number of carbonyl (C=O) groups excluding carboxylic acids is 3. The first-order valence-electron chi connectivity index (χ1n) is 15.1. The second-order valence-corrected chi connectivity index (χ2v) is 13.4. The molecule has 1 aliphatic carbocycles. The van der Waals surface area contributed by atoms with Gasteiger partial charge >= 0.3 is 0 Å². The quantitative estimate of drug-likeness (QED) is 0.186. The first kappa shape index (κ1) is 33.9. The van der Waals surface area contributed by atoms with Gasteiger partial charge < -0.3 is 27.4 Å². The van der Waals surface area contributed by atoms with Gasteiger partial charge in [0, 0.05) is 22.5 Å². The Balaban J connectivity index is 1.74. The zero-order chi connectivity index (χ0) is 31.7. The number of guanidine groups is 1. The van der Waals surface area contributed by atoms with Crippen molar-refractivity contribution in [2.24, 2.45) is 27.8 Å². The lowest BCUT2D eigenvalue weighted by molar-refractivity contribution is -0.132. The van der Waals surface area contributed by atoms with Crippen molar-refractivity contribution in [3.8, 4) is 0 Å². The Labute approximate surface area is 260 Å². The predicted molar refractivity (Wildman–Crippen MR) is 173 cm³/mol. The van der Waals surface area contributed by atoms with E-state index in [1.165, 1.54) is 0 Å². The van der Waals surface area contributed by atoms with Crippen LogP contribution in [0, 0.1) is 11.3 Å². The Morgan fingerprint density at radius 1 is 0.977 bits per heavy atom. The van der Waals surface area contributed by atoms with Crippen LogP contribution in [0.25, 0.3) is 0 Å². The fourth-order valence-electron chi connectivity index (χ4n) is 5.51. The normalized spacial score (nSPS) is 18.3. The minimum atomic E-state index is -0.877. The topological polar surface area (TPSA) is 152 Å². The third-order valence-corrected chi connectivity index (χ3v) is 8.01. The van der Waals surface area contributed by atoms with Gasteiger partial charge in [-0.25, -0.2) is 4.99 Å². The number of hydrogen-bond acceptors (Lipinski definition) is 4. The molecule has 3 rings (SSSR count). The van der Waals surface area contributed by atoms with Gasteiger partial charge in [-0.05, 0) is 66.0 Å². The number of amides is 3. The lowest BCUT2D eigenvalue weighted by Gasteiger charge is -2.35. The molecule has 3 amide bonds. The van der Waals surface area contributed by atoms with Crippen LogP contribution in [-0.2, 0) is 16.1 Å². The van der Waals surface area contributed by atoms with Gasteiger partial charge in [0.25, 0.3) is 5.91 Å². The van der Waals surface area contributed by atoms with Crippen LogP contribution in [0.4, 0.5) is 0 Å². The summed E-state index contributed by atoms with van der Waals surface area (Å²) in [4.78, 5) is 44.6. The molecule has 0 saturated heterocycles. The van der Waals surface area contributed by atoms with E-state index in [1.54, 1.807) is 24.3 Å². The molecule has 1 fully saturated rings. The van der Waals surface area contributed by atoms with E-state index < -0.39 is 23.4 Å². The van der Waals surface area contributed by atoms with E-state index in [0.717, 1.165) is 36.8 Å². The van der Waals surface area contributed by atoms with Gasteiger partial charge in [-0.1, -0.05) is 83.3 Å². The van der Waals surface area contributed by atoms with Crippen LogP contribution < -0.4 is 27.4 Å². The second-order valence-electron chi connectivity index (χ2n) is 13.0.